The molecule has 3 rings (SSSR count). The first-order valence-electron chi connectivity index (χ1n) is 7.85. The van der Waals surface area contributed by atoms with Gasteiger partial charge in [-0.05, 0) is 12.5 Å². The number of rotatable bonds is 5. The lowest BCUT2D eigenvalue weighted by atomic mass is 10.1. The van der Waals surface area contributed by atoms with Crippen LogP contribution >= 0.6 is 0 Å². The van der Waals surface area contributed by atoms with Gasteiger partial charge in [0.25, 0.3) is 0 Å². The van der Waals surface area contributed by atoms with E-state index in [0.29, 0.717) is 19.4 Å². The molecule has 0 aliphatic carbocycles. The first-order valence-corrected chi connectivity index (χ1v) is 7.85. The molecule has 1 fully saturated rings. The van der Waals surface area contributed by atoms with Gasteiger partial charge in [-0.15, -0.1) is 0 Å². The Morgan fingerprint density at radius 1 is 1.33 bits per heavy atom. The van der Waals surface area contributed by atoms with E-state index in [1.165, 1.54) is 0 Å². The zero-order valence-corrected chi connectivity index (χ0v) is 13.3. The molecule has 24 heavy (non-hydrogen) atoms. The molecule has 0 spiro atoms. The molecule has 1 aliphatic heterocycles. The second-order valence-corrected chi connectivity index (χ2v) is 6.01. The van der Waals surface area contributed by atoms with Crippen LogP contribution in [0.3, 0.4) is 0 Å². The number of likely N-dealkylation sites (tertiary alicyclic amines) is 1. The summed E-state index contributed by atoms with van der Waals surface area (Å²) in [6.45, 7) is -0.533. The molecule has 0 saturated carbocycles. The number of benzene rings is 1. The molecule has 130 valence electrons. The van der Waals surface area contributed by atoms with Crippen molar-refractivity contribution in [3.8, 4) is 0 Å². The lowest BCUT2D eigenvalue weighted by molar-refractivity contribution is -0.158. The zero-order chi connectivity index (χ0) is 17.3. The Hall–Kier alpha value is -2.09. The van der Waals surface area contributed by atoms with Crippen LogP contribution in [0.5, 0.6) is 0 Å². The van der Waals surface area contributed by atoms with E-state index in [0.717, 1.165) is 21.5 Å². The number of aryl methyl sites for hydroxylation is 1. The fourth-order valence-electron chi connectivity index (χ4n) is 3.14. The van der Waals surface area contributed by atoms with Crippen molar-refractivity contribution in [2.75, 3.05) is 19.6 Å². The first kappa shape index (κ1) is 16.8. The summed E-state index contributed by atoms with van der Waals surface area (Å²) in [5, 5.41) is 8.58. The number of hydrogen-bond acceptors (Lipinski definition) is 3. The molecule has 1 N–H and O–H groups in total. The van der Waals surface area contributed by atoms with E-state index in [2.05, 4.69) is 10.4 Å². The molecule has 1 aromatic carbocycles. The fourth-order valence-corrected chi connectivity index (χ4v) is 3.14. The highest BCUT2D eigenvalue weighted by Crippen LogP contribution is 2.21. The number of amides is 1. The quantitative estimate of drug-likeness (QED) is 0.904. The highest BCUT2D eigenvalue weighted by atomic mass is 19.4. The summed E-state index contributed by atoms with van der Waals surface area (Å²) in [5.74, 6) is -0.474. The molecule has 1 saturated heterocycles. The SMILES string of the molecule is Cn1nc(CCNC2CCN(CC(F)(F)F)C2=O)c2ccccc21. The number of hydrogen-bond donors (Lipinski definition) is 1. The molecule has 0 radical (unpaired) electrons. The number of aromatic nitrogens is 2. The van der Waals surface area contributed by atoms with Gasteiger partial charge in [-0.25, -0.2) is 0 Å². The van der Waals surface area contributed by atoms with Crippen molar-refractivity contribution in [2.45, 2.75) is 25.1 Å². The lowest BCUT2D eigenvalue weighted by Crippen LogP contribution is -2.42. The molecule has 1 aliphatic rings. The third-order valence-corrected chi connectivity index (χ3v) is 4.25. The van der Waals surface area contributed by atoms with Crippen LogP contribution in [0.4, 0.5) is 13.2 Å². The number of fused-ring (bicyclic) bond motifs is 1. The van der Waals surface area contributed by atoms with E-state index in [-0.39, 0.29) is 6.54 Å². The van der Waals surface area contributed by atoms with Gasteiger partial charge < -0.3 is 10.2 Å². The number of halogens is 3. The monoisotopic (exact) mass is 340 g/mol. The van der Waals surface area contributed by atoms with Crippen LogP contribution in [0.15, 0.2) is 24.3 Å². The van der Waals surface area contributed by atoms with Crippen molar-refractivity contribution >= 4 is 16.8 Å². The predicted molar refractivity (Wildman–Crippen MR) is 83.5 cm³/mol. The van der Waals surface area contributed by atoms with Gasteiger partial charge >= 0.3 is 6.18 Å². The minimum Gasteiger partial charge on any atom is -0.332 e. The van der Waals surface area contributed by atoms with E-state index < -0.39 is 24.7 Å². The Labute approximate surface area is 137 Å². The summed E-state index contributed by atoms with van der Waals surface area (Å²) in [5.41, 5.74) is 1.94. The minimum atomic E-state index is -4.35. The van der Waals surface area contributed by atoms with Crippen molar-refractivity contribution in [2.24, 2.45) is 7.05 Å². The third kappa shape index (κ3) is 3.53. The van der Waals surface area contributed by atoms with Crippen LogP contribution in [-0.2, 0) is 18.3 Å². The molecule has 1 amide bonds. The average Bonchev–Trinajstić information content (AvgIpc) is 3.01. The van der Waals surface area contributed by atoms with E-state index in [9.17, 15) is 18.0 Å². The van der Waals surface area contributed by atoms with Crippen molar-refractivity contribution < 1.29 is 18.0 Å². The Balaban J connectivity index is 1.56. The van der Waals surface area contributed by atoms with E-state index in [4.69, 9.17) is 0 Å². The molecule has 2 heterocycles. The van der Waals surface area contributed by atoms with Gasteiger partial charge in [-0.2, -0.15) is 18.3 Å². The largest absolute Gasteiger partial charge is 0.406 e. The van der Waals surface area contributed by atoms with Gasteiger partial charge in [0.15, 0.2) is 0 Å². The summed E-state index contributed by atoms with van der Waals surface area (Å²) in [4.78, 5) is 12.9. The predicted octanol–water partition coefficient (Wildman–Crippen LogP) is 1.87. The number of nitrogens with zero attached hydrogens (tertiary/aromatic N) is 3. The smallest absolute Gasteiger partial charge is 0.332 e. The van der Waals surface area contributed by atoms with Crippen molar-refractivity contribution in [1.82, 2.24) is 20.0 Å². The molecule has 5 nitrogen and oxygen atoms in total. The summed E-state index contributed by atoms with van der Waals surface area (Å²) >= 11 is 0. The van der Waals surface area contributed by atoms with Crippen molar-refractivity contribution in [3.63, 3.8) is 0 Å². The van der Waals surface area contributed by atoms with E-state index >= 15 is 0 Å². The number of para-hydroxylation sites is 1. The van der Waals surface area contributed by atoms with Gasteiger partial charge in [-0.1, -0.05) is 18.2 Å². The van der Waals surface area contributed by atoms with Crippen LogP contribution < -0.4 is 5.32 Å². The number of nitrogens with one attached hydrogen (secondary N) is 1. The second kappa shape index (κ2) is 6.43. The lowest BCUT2D eigenvalue weighted by Gasteiger charge is -2.18. The van der Waals surface area contributed by atoms with E-state index in [1.54, 1.807) is 4.68 Å². The molecule has 0 bridgehead atoms. The number of carbonyl (C=O) groups excluding carboxylic acids is 1. The summed E-state index contributed by atoms with van der Waals surface area (Å²) in [6.07, 6.45) is -3.33. The maximum absolute atomic E-state index is 12.4. The normalized spacial score (nSPS) is 18.8. The molecule has 8 heteroatoms. The molecule has 1 atom stereocenters. The Morgan fingerprint density at radius 2 is 2.08 bits per heavy atom. The van der Waals surface area contributed by atoms with Crippen molar-refractivity contribution in [3.05, 3.63) is 30.0 Å². The highest BCUT2D eigenvalue weighted by Gasteiger charge is 2.38. The highest BCUT2D eigenvalue weighted by molar-refractivity contribution is 5.84. The van der Waals surface area contributed by atoms with Gasteiger partial charge in [-0.3, -0.25) is 9.48 Å². The Bertz CT molecular complexity index is 740. The molecular weight excluding hydrogens is 321 g/mol. The maximum Gasteiger partial charge on any atom is 0.406 e. The van der Waals surface area contributed by atoms with Gasteiger partial charge in [0, 0.05) is 31.9 Å². The van der Waals surface area contributed by atoms with Crippen LogP contribution in [0.25, 0.3) is 10.9 Å². The Kier molecular flexibility index (Phi) is 4.49. The Morgan fingerprint density at radius 3 is 2.83 bits per heavy atom. The van der Waals surface area contributed by atoms with Crippen LogP contribution in [0, 0.1) is 0 Å². The average molecular weight is 340 g/mol. The summed E-state index contributed by atoms with van der Waals surface area (Å²) in [7, 11) is 1.87. The fraction of sp³-hybridized carbons (Fsp3) is 0.500. The zero-order valence-electron chi connectivity index (χ0n) is 13.3. The molecular formula is C16H19F3N4O. The van der Waals surface area contributed by atoms with Crippen molar-refractivity contribution in [1.29, 1.82) is 0 Å². The maximum atomic E-state index is 12.4. The summed E-state index contributed by atoms with van der Waals surface area (Å²) < 4.78 is 39.0. The van der Waals surface area contributed by atoms with E-state index in [1.807, 2.05) is 31.3 Å². The second-order valence-electron chi connectivity index (χ2n) is 6.01. The van der Waals surface area contributed by atoms with Crippen LogP contribution in [-0.4, -0.2) is 52.4 Å². The molecule has 1 aromatic heterocycles. The van der Waals surface area contributed by atoms with Crippen LogP contribution in [0.2, 0.25) is 0 Å². The number of carbonyl (C=O) groups is 1. The topological polar surface area (TPSA) is 50.2 Å². The third-order valence-electron chi connectivity index (χ3n) is 4.25. The summed E-state index contributed by atoms with van der Waals surface area (Å²) in [6, 6.07) is 7.31. The minimum absolute atomic E-state index is 0.141. The van der Waals surface area contributed by atoms with Gasteiger partial charge in [0.1, 0.15) is 6.54 Å². The number of alkyl halides is 3. The first-order chi connectivity index (χ1) is 11.3. The van der Waals surface area contributed by atoms with Gasteiger partial charge in [0.2, 0.25) is 5.91 Å². The standard InChI is InChI=1S/C16H19F3N4O/c1-22-14-5-3-2-4-11(14)12(21-22)6-8-20-13-7-9-23(15(13)24)10-16(17,18)19/h2-5,13,20H,6-10H2,1H3. The molecule has 1 unspecified atom stereocenters. The molecule has 2 aromatic rings. The van der Waals surface area contributed by atoms with Crippen LogP contribution in [0.1, 0.15) is 12.1 Å². The van der Waals surface area contributed by atoms with Gasteiger partial charge in [0.05, 0.1) is 17.3 Å².